The van der Waals surface area contributed by atoms with Gasteiger partial charge in [0.2, 0.25) is 0 Å². The highest BCUT2D eigenvalue weighted by Gasteiger charge is 2.62. The zero-order valence-electron chi connectivity index (χ0n) is 15.0. The van der Waals surface area contributed by atoms with Crippen LogP contribution < -0.4 is 0 Å². The molecule has 8 atom stereocenters. The first-order valence-corrected chi connectivity index (χ1v) is 10.2. The third kappa shape index (κ3) is 1.93. The van der Waals surface area contributed by atoms with E-state index >= 15 is 0 Å². The van der Waals surface area contributed by atoms with Crippen molar-refractivity contribution in [1.82, 2.24) is 0 Å². The Bertz CT molecular complexity index is 432. The van der Waals surface area contributed by atoms with Gasteiger partial charge in [0.1, 0.15) is 0 Å². The molecule has 1 nitrogen and oxygen atoms in total. The predicted octanol–water partition coefficient (Wildman–Crippen LogP) is 5.42. The van der Waals surface area contributed by atoms with E-state index in [1.807, 2.05) is 0 Å². The van der Waals surface area contributed by atoms with Crippen LogP contribution in [0.5, 0.6) is 0 Å². The van der Waals surface area contributed by atoms with Crippen LogP contribution in [0.1, 0.15) is 85.0 Å². The predicted molar refractivity (Wildman–Crippen MR) is 91.5 cm³/mol. The molecule has 4 aliphatic rings. The van der Waals surface area contributed by atoms with Gasteiger partial charge in [0.05, 0.1) is 6.10 Å². The van der Waals surface area contributed by atoms with Crippen LogP contribution in [-0.2, 0) is 0 Å². The molecule has 0 aromatic rings. The summed E-state index contributed by atoms with van der Waals surface area (Å²) < 4.78 is 0. The normalized spacial score (nSPS) is 57.8. The molecule has 0 aliphatic heterocycles. The summed E-state index contributed by atoms with van der Waals surface area (Å²) >= 11 is 0. The van der Waals surface area contributed by atoms with Gasteiger partial charge in [0, 0.05) is 0 Å². The minimum Gasteiger partial charge on any atom is -0.393 e. The first-order valence-electron chi connectivity index (χ1n) is 10.2. The number of fused-ring (bicyclic) bond motifs is 5. The fourth-order valence-electron chi connectivity index (χ4n) is 8.19. The van der Waals surface area contributed by atoms with Crippen molar-refractivity contribution in [3.05, 3.63) is 0 Å². The van der Waals surface area contributed by atoms with E-state index in [4.69, 9.17) is 0 Å². The van der Waals surface area contributed by atoms with E-state index in [1.165, 1.54) is 57.8 Å². The summed E-state index contributed by atoms with van der Waals surface area (Å²) in [5, 5.41) is 11.2. The van der Waals surface area contributed by atoms with Gasteiger partial charge < -0.3 is 5.11 Å². The molecule has 0 amide bonds. The molecule has 0 spiro atoms. The second kappa shape index (κ2) is 5.23. The first kappa shape index (κ1) is 15.5. The molecule has 4 saturated carbocycles. The molecule has 1 heteroatoms. The summed E-state index contributed by atoms with van der Waals surface area (Å²) in [5.41, 5.74) is 0.888. The van der Waals surface area contributed by atoms with Gasteiger partial charge in [-0.2, -0.15) is 0 Å². The highest BCUT2D eigenvalue weighted by molar-refractivity contribution is 5.11. The van der Waals surface area contributed by atoms with Gasteiger partial charge in [0.25, 0.3) is 0 Å². The van der Waals surface area contributed by atoms with Crippen molar-refractivity contribution >= 4 is 0 Å². The Morgan fingerprint density at radius 3 is 2.55 bits per heavy atom. The van der Waals surface area contributed by atoms with Crippen molar-refractivity contribution < 1.29 is 5.11 Å². The Hall–Kier alpha value is -0.0400. The monoisotopic (exact) mass is 304 g/mol. The van der Waals surface area contributed by atoms with Gasteiger partial charge in [-0.15, -0.1) is 0 Å². The molecule has 0 radical (unpaired) electrons. The molecule has 1 N–H and O–H groups in total. The summed E-state index contributed by atoms with van der Waals surface area (Å²) in [6, 6.07) is 0. The van der Waals surface area contributed by atoms with Crippen LogP contribution in [0, 0.1) is 40.4 Å². The molecule has 0 aromatic carbocycles. The molecule has 4 fully saturated rings. The summed E-state index contributed by atoms with van der Waals surface area (Å²) in [6.07, 6.45) is 13.8. The Labute approximate surface area is 137 Å². The standard InChI is InChI=1S/C21H36O/c1-4-14-9-11-17-16-10-8-15-7-5-6-12-20(15,2)19(16)18(22)13-21(14,17)3/h14-19,22H,4-13H2,1-3H3. The third-order valence-corrected chi connectivity index (χ3v) is 9.20. The van der Waals surface area contributed by atoms with Crippen molar-refractivity contribution in [1.29, 1.82) is 0 Å². The van der Waals surface area contributed by atoms with Gasteiger partial charge in [-0.05, 0) is 85.4 Å². The van der Waals surface area contributed by atoms with Crippen molar-refractivity contribution in [2.24, 2.45) is 40.4 Å². The smallest absolute Gasteiger partial charge is 0.0581 e. The SMILES string of the molecule is CCC1CCC2C3CCC4CCCCC4(C)C3C(O)CC12C. The number of hydrogen-bond acceptors (Lipinski definition) is 1. The number of aliphatic hydroxyl groups excluding tert-OH is 1. The fourth-order valence-corrected chi connectivity index (χ4v) is 8.19. The average molecular weight is 305 g/mol. The van der Waals surface area contributed by atoms with E-state index in [0.717, 1.165) is 30.1 Å². The Balaban J connectivity index is 1.68. The summed E-state index contributed by atoms with van der Waals surface area (Å²) in [5.74, 6) is 4.12. The van der Waals surface area contributed by atoms with Gasteiger partial charge in [-0.25, -0.2) is 0 Å². The largest absolute Gasteiger partial charge is 0.393 e. The van der Waals surface area contributed by atoms with Gasteiger partial charge in [-0.1, -0.05) is 40.0 Å². The lowest BCUT2D eigenvalue weighted by Gasteiger charge is -2.62. The maximum Gasteiger partial charge on any atom is 0.0581 e. The number of hydrogen-bond donors (Lipinski definition) is 1. The average Bonchev–Trinajstić information content (AvgIpc) is 2.82. The molecule has 8 unspecified atom stereocenters. The molecule has 4 rings (SSSR count). The van der Waals surface area contributed by atoms with Gasteiger partial charge >= 0.3 is 0 Å². The molecule has 0 bridgehead atoms. The lowest BCUT2D eigenvalue weighted by Crippen LogP contribution is -2.58. The molecule has 4 aliphatic carbocycles. The quantitative estimate of drug-likeness (QED) is 0.686. The maximum atomic E-state index is 11.2. The second-order valence-electron chi connectivity index (χ2n) is 9.78. The Morgan fingerprint density at radius 2 is 1.77 bits per heavy atom. The van der Waals surface area contributed by atoms with Crippen molar-refractivity contribution in [3.8, 4) is 0 Å². The zero-order valence-corrected chi connectivity index (χ0v) is 15.0. The molecular formula is C21H36O. The zero-order chi connectivity index (χ0) is 15.5. The third-order valence-electron chi connectivity index (χ3n) is 9.20. The number of aliphatic hydroxyl groups is 1. The van der Waals surface area contributed by atoms with E-state index in [1.54, 1.807) is 0 Å². The maximum absolute atomic E-state index is 11.2. The molecule has 0 aromatic heterocycles. The van der Waals surface area contributed by atoms with Crippen LogP contribution in [0.2, 0.25) is 0 Å². The Morgan fingerprint density at radius 1 is 0.955 bits per heavy atom. The van der Waals surface area contributed by atoms with Crippen LogP contribution in [0.15, 0.2) is 0 Å². The van der Waals surface area contributed by atoms with Crippen LogP contribution in [0.3, 0.4) is 0 Å². The minimum atomic E-state index is -0.0238. The molecule has 0 heterocycles. The van der Waals surface area contributed by atoms with Gasteiger partial charge in [0.15, 0.2) is 0 Å². The van der Waals surface area contributed by atoms with Crippen molar-refractivity contribution in [2.75, 3.05) is 0 Å². The first-order chi connectivity index (χ1) is 10.5. The minimum absolute atomic E-state index is 0.0238. The van der Waals surface area contributed by atoms with E-state index < -0.39 is 0 Å². The Kier molecular flexibility index (Phi) is 3.68. The summed E-state index contributed by atoms with van der Waals surface area (Å²) in [7, 11) is 0. The molecular weight excluding hydrogens is 268 g/mol. The van der Waals surface area contributed by atoms with Crippen molar-refractivity contribution in [3.63, 3.8) is 0 Å². The lowest BCUT2D eigenvalue weighted by atomic mass is 9.44. The van der Waals surface area contributed by atoms with Crippen LogP contribution >= 0.6 is 0 Å². The fraction of sp³-hybridized carbons (Fsp3) is 1.00. The second-order valence-corrected chi connectivity index (χ2v) is 9.78. The van der Waals surface area contributed by atoms with Crippen molar-refractivity contribution in [2.45, 2.75) is 91.1 Å². The topological polar surface area (TPSA) is 20.2 Å². The summed E-state index contributed by atoms with van der Waals surface area (Å²) in [6.45, 7) is 7.47. The van der Waals surface area contributed by atoms with Crippen LogP contribution in [0.25, 0.3) is 0 Å². The van der Waals surface area contributed by atoms with E-state index in [2.05, 4.69) is 20.8 Å². The van der Waals surface area contributed by atoms with E-state index in [-0.39, 0.29) is 6.10 Å². The molecule has 0 saturated heterocycles. The highest BCUT2D eigenvalue weighted by atomic mass is 16.3. The van der Waals surface area contributed by atoms with E-state index in [9.17, 15) is 5.11 Å². The van der Waals surface area contributed by atoms with Gasteiger partial charge in [-0.3, -0.25) is 0 Å². The molecule has 126 valence electrons. The highest BCUT2D eigenvalue weighted by Crippen LogP contribution is 2.67. The summed E-state index contributed by atoms with van der Waals surface area (Å²) in [4.78, 5) is 0. The van der Waals surface area contributed by atoms with E-state index in [0.29, 0.717) is 16.7 Å². The van der Waals surface area contributed by atoms with Crippen LogP contribution in [-0.4, -0.2) is 11.2 Å². The number of rotatable bonds is 1. The molecule has 22 heavy (non-hydrogen) atoms. The van der Waals surface area contributed by atoms with Crippen LogP contribution in [0.4, 0.5) is 0 Å². The lowest BCUT2D eigenvalue weighted by molar-refractivity contribution is -0.168.